The number of hydrogen-bond donors (Lipinski definition) is 0. The predicted octanol–water partition coefficient (Wildman–Crippen LogP) is 7.33. The Hall–Kier alpha value is -3.92. The highest BCUT2D eigenvalue weighted by molar-refractivity contribution is 7.57. The summed E-state index contributed by atoms with van der Waals surface area (Å²) in [6.45, 7) is 0.853. The van der Waals surface area contributed by atoms with Crippen LogP contribution < -0.4 is 0 Å². The summed E-state index contributed by atoms with van der Waals surface area (Å²) in [7, 11) is -0.937. The summed E-state index contributed by atoms with van der Waals surface area (Å²) in [5.74, 6) is 1.36. The van der Waals surface area contributed by atoms with E-state index in [0.717, 1.165) is 22.3 Å². The van der Waals surface area contributed by atoms with Gasteiger partial charge in [0.25, 0.3) is 0 Å². The standard InChI is InChI=1S/C37H42NO8P/c1-41-47(40,42-2)24-23-35(43-26-31-15-7-3-8-16-31)37(45-28-33-19-11-5-12-20-33)36(44-27-32-17-9-4-10-18-32)25-38(30-39)46-29-34-21-13-6-14-22-34/h3-24,30,35-37H,25-29H2,1-2H3/t35-,36-,37+/m1/s1. The largest absolute Gasteiger partial charge is 0.369 e. The highest BCUT2D eigenvalue weighted by atomic mass is 31.2. The van der Waals surface area contributed by atoms with Crippen molar-refractivity contribution in [2.24, 2.45) is 0 Å². The second-order valence-electron chi connectivity index (χ2n) is 10.6. The van der Waals surface area contributed by atoms with Crippen molar-refractivity contribution in [2.45, 2.75) is 44.7 Å². The van der Waals surface area contributed by atoms with E-state index in [1.807, 2.05) is 121 Å². The van der Waals surface area contributed by atoms with E-state index in [4.69, 9.17) is 28.1 Å². The predicted molar refractivity (Wildman–Crippen MR) is 180 cm³/mol. The van der Waals surface area contributed by atoms with Gasteiger partial charge in [-0.2, -0.15) is 0 Å². The first-order chi connectivity index (χ1) is 23.0. The lowest BCUT2D eigenvalue weighted by Crippen LogP contribution is -2.47. The molecule has 0 saturated heterocycles. The van der Waals surface area contributed by atoms with Gasteiger partial charge in [-0.15, -0.1) is 0 Å². The fraction of sp³-hybridized carbons (Fsp3) is 0.270. The van der Waals surface area contributed by atoms with Gasteiger partial charge in [-0.25, -0.2) is 5.06 Å². The van der Waals surface area contributed by atoms with Gasteiger partial charge in [0.2, 0.25) is 6.41 Å². The normalized spacial score (nSPS) is 13.7. The van der Waals surface area contributed by atoms with Crippen molar-refractivity contribution in [2.75, 3.05) is 20.8 Å². The van der Waals surface area contributed by atoms with E-state index < -0.39 is 25.9 Å². The van der Waals surface area contributed by atoms with Gasteiger partial charge in [0.1, 0.15) is 24.9 Å². The van der Waals surface area contributed by atoms with Crippen LogP contribution in [-0.2, 0) is 63.9 Å². The minimum absolute atomic E-state index is 0.00781. The highest BCUT2D eigenvalue weighted by Gasteiger charge is 2.34. The minimum Gasteiger partial charge on any atom is -0.369 e. The minimum atomic E-state index is -3.57. The molecule has 4 aromatic rings. The molecule has 0 unspecified atom stereocenters. The van der Waals surface area contributed by atoms with Crippen LogP contribution in [0, 0.1) is 0 Å². The van der Waals surface area contributed by atoms with Crippen LogP contribution in [-0.4, -0.2) is 50.5 Å². The lowest BCUT2D eigenvalue weighted by atomic mass is 10.1. The Morgan fingerprint density at radius 3 is 1.49 bits per heavy atom. The van der Waals surface area contributed by atoms with Gasteiger partial charge in [-0.3, -0.25) is 14.2 Å². The summed E-state index contributed by atoms with van der Waals surface area (Å²) in [4.78, 5) is 18.3. The molecule has 4 rings (SSSR count). The van der Waals surface area contributed by atoms with Gasteiger partial charge >= 0.3 is 7.60 Å². The van der Waals surface area contributed by atoms with Crippen LogP contribution in [0.25, 0.3) is 0 Å². The van der Waals surface area contributed by atoms with E-state index in [0.29, 0.717) is 6.41 Å². The van der Waals surface area contributed by atoms with Crippen molar-refractivity contribution in [3.63, 3.8) is 0 Å². The summed E-state index contributed by atoms with van der Waals surface area (Å²) >= 11 is 0. The van der Waals surface area contributed by atoms with E-state index in [1.165, 1.54) is 25.1 Å². The smallest absolute Gasteiger partial charge is 0.353 e. The van der Waals surface area contributed by atoms with E-state index >= 15 is 0 Å². The van der Waals surface area contributed by atoms with Gasteiger partial charge in [0.05, 0.1) is 26.4 Å². The summed E-state index contributed by atoms with van der Waals surface area (Å²) in [6, 6.07) is 38.6. The molecule has 47 heavy (non-hydrogen) atoms. The lowest BCUT2D eigenvalue weighted by molar-refractivity contribution is -0.205. The average Bonchev–Trinajstić information content (AvgIpc) is 3.14. The first-order valence-electron chi connectivity index (χ1n) is 15.3. The van der Waals surface area contributed by atoms with Gasteiger partial charge in [0.15, 0.2) is 0 Å². The maximum Gasteiger partial charge on any atom is 0.353 e. The molecule has 3 atom stereocenters. The Morgan fingerprint density at radius 1 is 0.617 bits per heavy atom. The Bertz CT molecular complexity index is 1500. The van der Waals surface area contributed by atoms with Crippen molar-refractivity contribution >= 4 is 14.0 Å². The molecule has 0 aliphatic heterocycles. The third kappa shape index (κ3) is 12.3. The van der Waals surface area contributed by atoms with E-state index in [9.17, 15) is 9.36 Å². The molecule has 9 nitrogen and oxygen atoms in total. The number of carbonyl (C=O) groups is 1. The quantitative estimate of drug-likeness (QED) is 0.0522. The number of amides is 1. The number of benzene rings is 4. The van der Waals surface area contributed by atoms with Crippen molar-refractivity contribution in [1.82, 2.24) is 5.06 Å². The number of hydrogen-bond acceptors (Lipinski definition) is 8. The van der Waals surface area contributed by atoms with Crippen LogP contribution in [0.5, 0.6) is 0 Å². The summed E-state index contributed by atoms with van der Waals surface area (Å²) in [6.07, 6.45) is -0.170. The van der Waals surface area contributed by atoms with Crippen LogP contribution in [0.1, 0.15) is 22.3 Å². The molecule has 0 spiro atoms. The topological polar surface area (TPSA) is 92.8 Å². The Labute approximate surface area is 277 Å². The van der Waals surface area contributed by atoms with Gasteiger partial charge in [-0.1, -0.05) is 121 Å². The molecular formula is C37H42NO8P. The molecule has 0 bridgehead atoms. The molecule has 0 aromatic heterocycles. The van der Waals surface area contributed by atoms with Crippen LogP contribution in [0.3, 0.4) is 0 Å². The SMILES string of the molecule is COP(=O)(C=C[C@@H](OCc1ccccc1)[C@H](OCc1ccccc1)[C@@H](CN(C=O)OCc1ccccc1)OCc1ccccc1)OC. The second kappa shape index (κ2) is 19.7. The summed E-state index contributed by atoms with van der Waals surface area (Å²) < 4.78 is 43.1. The fourth-order valence-corrected chi connectivity index (χ4v) is 5.43. The molecule has 248 valence electrons. The van der Waals surface area contributed by atoms with E-state index in [-0.39, 0.29) is 33.0 Å². The molecule has 0 aliphatic rings. The molecule has 0 aliphatic carbocycles. The van der Waals surface area contributed by atoms with E-state index in [2.05, 4.69) is 0 Å². The van der Waals surface area contributed by atoms with Crippen molar-refractivity contribution in [3.05, 3.63) is 155 Å². The molecule has 0 heterocycles. The zero-order valence-electron chi connectivity index (χ0n) is 26.7. The molecule has 0 fully saturated rings. The van der Waals surface area contributed by atoms with Gasteiger partial charge in [0, 0.05) is 20.0 Å². The number of rotatable bonds is 21. The lowest BCUT2D eigenvalue weighted by Gasteiger charge is -2.34. The van der Waals surface area contributed by atoms with Crippen molar-refractivity contribution in [3.8, 4) is 0 Å². The molecule has 0 saturated carbocycles. The first-order valence-corrected chi connectivity index (χ1v) is 16.9. The van der Waals surface area contributed by atoms with Crippen molar-refractivity contribution < 1.29 is 37.5 Å². The zero-order chi connectivity index (χ0) is 33.2. The van der Waals surface area contributed by atoms with Gasteiger partial charge < -0.3 is 23.3 Å². The molecule has 0 N–H and O–H groups in total. The third-order valence-corrected chi connectivity index (χ3v) is 8.81. The molecule has 0 radical (unpaired) electrons. The number of nitrogens with zero attached hydrogens (tertiary/aromatic N) is 1. The van der Waals surface area contributed by atoms with Crippen LogP contribution >= 0.6 is 7.60 Å². The van der Waals surface area contributed by atoms with E-state index in [1.54, 1.807) is 6.08 Å². The zero-order valence-corrected chi connectivity index (χ0v) is 27.6. The maximum atomic E-state index is 13.1. The Morgan fingerprint density at radius 2 is 1.04 bits per heavy atom. The molecule has 10 heteroatoms. The molecular weight excluding hydrogens is 617 g/mol. The highest BCUT2D eigenvalue weighted by Crippen LogP contribution is 2.48. The van der Waals surface area contributed by atoms with Crippen LogP contribution in [0.4, 0.5) is 0 Å². The molecule has 4 aromatic carbocycles. The van der Waals surface area contributed by atoms with Crippen LogP contribution in [0.2, 0.25) is 0 Å². The molecule has 1 amide bonds. The average molecular weight is 660 g/mol. The monoisotopic (exact) mass is 659 g/mol. The number of ether oxygens (including phenoxy) is 3. The third-order valence-electron chi connectivity index (χ3n) is 7.25. The first kappa shape index (κ1) is 35.9. The second-order valence-corrected chi connectivity index (χ2v) is 12.7. The summed E-state index contributed by atoms with van der Waals surface area (Å²) in [5, 5.41) is 1.20. The fourth-order valence-electron chi connectivity index (χ4n) is 4.66. The summed E-state index contributed by atoms with van der Waals surface area (Å²) in [5.41, 5.74) is 3.69. The Balaban J connectivity index is 1.69. The Kier molecular flexibility index (Phi) is 15.0. The van der Waals surface area contributed by atoms with Crippen LogP contribution in [0.15, 0.2) is 133 Å². The number of carbonyl (C=O) groups excluding carboxylic acids is 1. The van der Waals surface area contributed by atoms with Crippen molar-refractivity contribution in [1.29, 1.82) is 0 Å². The van der Waals surface area contributed by atoms with Gasteiger partial charge in [-0.05, 0) is 28.3 Å². The number of hydroxylamine groups is 2. The maximum absolute atomic E-state index is 13.1.